The molecule has 2 nitrogen and oxygen atoms in total. The maximum absolute atomic E-state index is 4.03. The zero-order chi connectivity index (χ0) is 6.81. The predicted octanol–water partition coefficient (Wildman–Crippen LogP) is 1.23. The third-order valence-corrected chi connectivity index (χ3v) is 1.27. The number of rotatable bonds is 0. The van der Waals surface area contributed by atoms with Gasteiger partial charge in [-0.1, -0.05) is 6.07 Å². The Morgan fingerprint density at radius 2 is 2.30 bits per heavy atom. The first-order valence-corrected chi connectivity index (χ1v) is 2.96. The Labute approximate surface area is 58.6 Å². The SMILES string of the molecule is [c]1ccc2n[c]cnc2c1. The Bertz CT molecular complexity index is 278. The fourth-order valence-electron chi connectivity index (χ4n) is 0.808. The highest BCUT2D eigenvalue weighted by Gasteiger charge is 1.88. The molecule has 0 bridgehead atoms. The minimum Gasteiger partial charge on any atom is -0.252 e. The van der Waals surface area contributed by atoms with Crippen molar-refractivity contribution in [2.45, 2.75) is 0 Å². The number of fused-ring (bicyclic) bond motifs is 1. The van der Waals surface area contributed by atoms with Crippen molar-refractivity contribution in [1.82, 2.24) is 9.97 Å². The van der Waals surface area contributed by atoms with Crippen molar-refractivity contribution >= 4 is 11.0 Å². The molecular formula is C8H4N2. The largest absolute Gasteiger partial charge is 0.252 e. The van der Waals surface area contributed by atoms with Crippen LogP contribution in [0.5, 0.6) is 0 Å². The van der Waals surface area contributed by atoms with Gasteiger partial charge < -0.3 is 0 Å². The van der Waals surface area contributed by atoms with Gasteiger partial charge in [0.15, 0.2) is 0 Å². The van der Waals surface area contributed by atoms with Gasteiger partial charge in [0.25, 0.3) is 0 Å². The number of benzene rings is 1. The van der Waals surface area contributed by atoms with Crippen LogP contribution in [0.3, 0.4) is 0 Å². The van der Waals surface area contributed by atoms with Crippen LogP contribution in [0.1, 0.15) is 0 Å². The van der Waals surface area contributed by atoms with Crippen molar-refractivity contribution < 1.29 is 0 Å². The molecule has 2 rings (SSSR count). The molecule has 0 aliphatic heterocycles. The molecule has 10 heavy (non-hydrogen) atoms. The summed E-state index contributed by atoms with van der Waals surface area (Å²) in [7, 11) is 0. The van der Waals surface area contributed by atoms with Crippen LogP contribution >= 0.6 is 0 Å². The lowest BCUT2D eigenvalue weighted by molar-refractivity contribution is 1.28. The predicted molar refractivity (Wildman–Crippen MR) is 37.2 cm³/mol. The van der Waals surface area contributed by atoms with Gasteiger partial charge in [-0.2, -0.15) is 0 Å². The monoisotopic (exact) mass is 128 g/mol. The first-order valence-electron chi connectivity index (χ1n) is 2.96. The molecule has 1 heterocycles. The average Bonchev–Trinajstić information content (AvgIpc) is 2.05. The highest BCUT2D eigenvalue weighted by atomic mass is 14.8. The molecule has 0 unspecified atom stereocenters. The standard InChI is InChI=1S/C8H4N2/c1-2-4-8-7(3-1)9-5-6-10-8/h1,3-4,6H. The molecule has 0 fully saturated rings. The van der Waals surface area contributed by atoms with Crippen molar-refractivity contribution in [2.24, 2.45) is 0 Å². The molecule has 1 aromatic carbocycles. The molecule has 0 atom stereocenters. The normalized spacial score (nSPS) is 10.0. The molecular weight excluding hydrogens is 124 g/mol. The van der Waals surface area contributed by atoms with Crippen molar-refractivity contribution in [2.75, 3.05) is 0 Å². The highest BCUT2D eigenvalue weighted by Crippen LogP contribution is 2.03. The van der Waals surface area contributed by atoms with E-state index in [2.05, 4.69) is 22.2 Å². The van der Waals surface area contributed by atoms with Crippen molar-refractivity contribution in [1.29, 1.82) is 0 Å². The summed E-state index contributed by atoms with van der Waals surface area (Å²) >= 11 is 0. The van der Waals surface area contributed by atoms with E-state index in [1.54, 1.807) is 12.3 Å². The van der Waals surface area contributed by atoms with E-state index >= 15 is 0 Å². The van der Waals surface area contributed by atoms with Crippen LogP contribution in [-0.2, 0) is 0 Å². The fraction of sp³-hybridized carbons (Fsp3) is 0. The van der Waals surface area contributed by atoms with E-state index in [9.17, 15) is 0 Å². The van der Waals surface area contributed by atoms with Crippen molar-refractivity contribution in [3.63, 3.8) is 0 Å². The molecule has 0 aliphatic carbocycles. The minimum absolute atomic E-state index is 0.862. The van der Waals surface area contributed by atoms with Crippen molar-refractivity contribution in [3.8, 4) is 0 Å². The third kappa shape index (κ3) is 0.739. The number of hydrogen-bond donors (Lipinski definition) is 0. The number of aromatic nitrogens is 2. The van der Waals surface area contributed by atoms with Gasteiger partial charge in [-0.15, -0.1) is 0 Å². The molecule has 0 spiro atoms. The quantitative estimate of drug-likeness (QED) is 0.533. The second-order valence-corrected chi connectivity index (χ2v) is 1.91. The summed E-state index contributed by atoms with van der Waals surface area (Å²) in [4.78, 5) is 8.01. The molecule has 0 saturated heterocycles. The lowest BCUT2D eigenvalue weighted by Gasteiger charge is -1.89. The highest BCUT2D eigenvalue weighted by molar-refractivity contribution is 5.72. The van der Waals surface area contributed by atoms with E-state index in [0.717, 1.165) is 11.0 Å². The first-order chi connectivity index (χ1) is 4.97. The Morgan fingerprint density at radius 1 is 1.30 bits per heavy atom. The smallest absolute Gasteiger partial charge is 0.109 e. The molecule has 1 aromatic heterocycles. The van der Waals surface area contributed by atoms with Crippen molar-refractivity contribution in [3.05, 3.63) is 36.7 Å². The van der Waals surface area contributed by atoms with Crippen LogP contribution in [0, 0.1) is 12.3 Å². The molecule has 2 aromatic rings. The summed E-state index contributed by atoms with van der Waals surface area (Å²) in [6, 6.07) is 8.39. The maximum Gasteiger partial charge on any atom is 0.109 e. The van der Waals surface area contributed by atoms with E-state index in [1.165, 1.54) is 0 Å². The second kappa shape index (κ2) is 2.06. The van der Waals surface area contributed by atoms with E-state index in [-0.39, 0.29) is 0 Å². The van der Waals surface area contributed by atoms with Crippen LogP contribution in [0.2, 0.25) is 0 Å². The van der Waals surface area contributed by atoms with Gasteiger partial charge in [-0.3, -0.25) is 4.98 Å². The van der Waals surface area contributed by atoms with Crippen LogP contribution in [0.15, 0.2) is 24.4 Å². The summed E-state index contributed by atoms with van der Waals surface area (Å²) < 4.78 is 0. The summed E-state index contributed by atoms with van der Waals surface area (Å²) in [5.74, 6) is 0. The maximum atomic E-state index is 4.03. The minimum atomic E-state index is 0.862. The van der Waals surface area contributed by atoms with E-state index in [1.807, 2.05) is 12.1 Å². The molecule has 0 N–H and O–H groups in total. The Kier molecular flexibility index (Phi) is 1.10. The molecule has 0 amide bonds. The van der Waals surface area contributed by atoms with Gasteiger partial charge in [-0.05, 0) is 18.2 Å². The Balaban J connectivity index is 2.89. The zero-order valence-electron chi connectivity index (χ0n) is 5.20. The van der Waals surface area contributed by atoms with Gasteiger partial charge in [0.2, 0.25) is 0 Å². The lowest BCUT2D eigenvalue weighted by atomic mass is 10.3. The van der Waals surface area contributed by atoms with Crippen LogP contribution < -0.4 is 0 Å². The van der Waals surface area contributed by atoms with Gasteiger partial charge in [0.05, 0.1) is 17.2 Å². The van der Waals surface area contributed by atoms with E-state index < -0.39 is 0 Å². The van der Waals surface area contributed by atoms with Crippen LogP contribution in [0.25, 0.3) is 11.0 Å². The Hall–Kier alpha value is -1.44. The Morgan fingerprint density at radius 3 is 3.20 bits per heavy atom. The molecule has 0 aliphatic rings. The molecule has 46 valence electrons. The summed E-state index contributed by atoms with van der Waals surface area (Å²) in [6.07, 6.45) is 4.21. The second-order valence-electron chi connectivity index (χ2n) is 1.91. The first kappa shape index (κ1) is 5.35. The molecule has 2 radical (unpaired) electrons. The lowest BCUT2D eigenvalue weighted by Crippen LogP contribution is -1.79. The number of nitrogens with zero attached hydrogens (tertiary/aromatic N) is 2. The summed E-state index contributed by atoms with van der Waals surface area (Å²) in [5.41, 5.74) is 1.72. The van der Waals surface area contributed by atoms with Gasteiger partial charge in [-0.25, -0.2) is 4.98 Å². The van der Waals surface area contributed by atoms with Gasteiger partial charge in [0, 0.05) is 0 Å². The van der Waals surface area contributed by atoms with E-state index in [4.69, 9.17) is 0 Å². The summed E-state index contributed by atoms with van der Waals surface area (Å²) in [6.45, 7) is 0. The fourth-order valence-corrected chi connectivity index (χ4v) is 0.808. The van der Waals surface area contributed by atoms with Crippen LogP contribution in [0.4, 0.5) is 0 Å². The van der Waals surface area contributed by atoms with Gasteiger partial charge >= 0.3 is 0 Å². The summed E-state index contributed by atoms with van der Waals surface area (Å²) in [5, 5.41) is 0. The third-order valence-electron chi connectivity index (χ3n) is 1.27. The zero-order valence-corrected chi connectivity index (χ0v) is 5.20. The number of hydrogen-bond acceptors (Lipinski definition) is 2. The molecule has 2 heteroatoms. The van der Waals surface area contributed by atoms with Gasteiger partial charge in [0.1, 0.15) is 6.20 Å². The topological polar surface area (TPSA) is 25.8 Å². The average molecular weight is 128 g/mol. The van der Waals surface area contributed by atoms with Crippen LogP contribution in [-0.4, -0.2) is 9.97 Å². The van der Waals surface area contributed by atoms with E-state index in [0.29, 0.717) is 0 Å². The molecule has 0 saturated carbocycles.